The molecule has 0 unspecified atom stereocenters. The molecule has 130 valence electrons. The minimum atomic E-state index is 0.612. The third kappa shape index (κ3) is 4.55. The number of aromatic nitrogens is 1. The highest BCUT2D eigenvalue weighted by Gasteiger charge is 2.19. The zero-order valence-corrected chi connectivity index (χ0v) is 15.9. The van der Waals surface area contributed by atoms with Gasteiger partial charge in [-0.1, -0.05) is 36.4 Å². The van der Waals surface area contributed by atoms with Crippen LogP contribution in [0.1, 0.15) is 23.4 Å². The lowest BCUT2D eigenvalue weighted by Crippen LogP contribution is -2.41. The van der Waals surface area contributed by atoms with E-state index in [0.717, 1.165) is 13.1 Å². The van der Waals surface area contributed by atoms with Crippen molar-refractivity contribution in [3.63, 3.8) is 0 Å². The van der Waals surface area contributed by atoms with Crippen molar-refractivity contribution in [3.8, 4) is 9.75 Å². The molecular weight excluding hydrogens is 346 g/mol. The Labute approximate surface area is 157 Å². The van der Waals surface area contributed by atoms with Crippen molar-refractivity contribution in [3.05, 3.63) is 64.6 Å². The number of rotatable bonds is 6. The Morgan fingerprint density at radius 3 is 2.64 bits per heavy atom. The third-order valence-corrected chi connectivity index (χ3v) is 6.76. The Kier molecular flexibility index (Phi) is 5.57. The van der Waals surface area contributed by atoms with Crippen LogP contribution < -0.4 is 5.32 Å². The number of benzene rings is 1. The van der Waals surface area contributed by atoms with E-state index in [0.29, 0.717) is 6.04 Å². The van der Waals surface area contributed by atoms with Crippen molar-refractivity contribution in [1.29, 1.82) is 0 Å². The van der Waals surface area contributed by atoms with Crippen molar-refractivity contribution in [2.45, 2.75) is 32.0 Å². The molecule has 1 saturated heterocycles. The summed E-state index contributed by atoms with van der Waals surface area (Å²) in [5.74, 6) is 0. The molecule has 1 aromatic carbocycles. The van der Waals surface area contributed by atoms with Crippen LogP contribution in [0, 0.1) is 0 Å². The first kappa shape index (κ1) is 16.9. The van der Waals surface area contributed by atoms with Gasteiger partial charge in [-0.2, -0.15) is 0 Å². The van der Waals surface area contributed by atoms with Crippen molar-refractivity contribution < 1.29 is 0 Å². The standard InChI is InChI=1S/C20H23N3S2/c1-2-5-16(6-3-1)15-23-10-8-17(9-11-23)21-14-20-22-13-19(25-20)18-7-4-12-24-18/h1-7,12-13,17,21H,8-11,14-15H2. The van der Waals surface area contributed by atoms with Crippen LogP contribution in [0.15, 0.2) is 54.0 Å². The van der Waals surface area contributed by atoms with Crippen LogP contribution in [0.3, 0.4) is 0 Å². The fourth-order valence-electron chi connectivity index (χ4n) is 3.29. The fourth-order valence-corrected chi connectivity index (χ4v) is 4.98. The van der Waals surface area contributed by atoms with E-state index < -0.39 is 0 Å². The summed E-state index contributed by atoms with van der Waals surface area (Å²) in [6, 6.07) is 15.7. The third-order valence-electron chi connectivity index (χ3n) is 4.70. The van der Waals surface area contributed by atoms with Gasteiger partial charge in [-0.15, -0.1) is 22.7 Å². The van der Waals surface area contributed by atoms with Crippen LogP contribution in [-0.2, 0) is 13.1 Å². The summed E-state index contributed by atoms with van der Waals surface area (Å²) in [6.45, 7) is 4.30. The average molecular weight is 370 g/mol. The molecule has 25 heavy (non-hydrogen) atoms. The smallest absolute Gasteiger partial charge is 0.107 e. The Morgan fingerprint density at radius 1 is 1.04 bits per heavy atom. The van der Waals surface area contributed by atoms with Gasteiger partial charge in [0, 0.05) is 30.2 Å². The molecule has 2 aromatic heterocycles. The molecule has 0 atom stereocenters. The molecule has 0 amide bonds. The zero-order valence-electron chi connectivity index (χ0n) is 14.2. The van der Waals surface area contributed by atoms with Crippen LogP contribution >= 0.6 is 22.7 Å². The Hall–Kier alpha value is -1.53. The largest absolute Gasteiger partial charge is 0.308 e. The van der Waals surface area contributed by atoms with Crippen LogP contribution in [0.5, 0.6) is 0 Å². The Balaban J connectivity index is 1.23. The fraction of sp³-hybridized carbons (Fsp3) is 0.350. The highest BCUT2D eigenvalue weighted by molar-refractivity contribution is 7.21. The van der Waals surface area contributed by atoms with Gasteiger partial charge in [0.1, 0.15) is 5.01 Å². The van der Waals surface area contributed by atoms with Gasteiger partial charge in [0.05, 0.1) is 4.88 Å². The van der Waals surface area contributed by atoms with E-state index in [4.69, 9.17) is 0 Å². The molecule has 0 bridgehead atoms. The second kappa shape index (κ2) is 8.23. The van der Waals surface area contributed by atoms with Crippen LogP contribution in [-0.4, -0.2) is 29.0 Å². The van der Waals surface area contributed by atoms with Crippen molar-refractivity contribution in [2.24, 2.45) is 0 Å². The quantitative estimate of drug-likeness (QED) is 0.687. The SMILES string of the molecule is c1ccc(CN2CCC(NCc3ncc(-c4cccs4)s3)CC2)cc1. The summed E-state index contributed by atoms with van der Waals surface area (Å²) in [5.41, 5.74) is 1.41. The zero-order chi connectivity index (χ0) is 16.9. The predicted octanol–water partition coefficient (Wildman–Crippen LogP) is 4.63. The van der Waals surface area contributed by atoms with E-state index in [-0.39, 0.29) is 0 Å². The molecule has 3 heterocycles. The summed E-state index contributed by atoms with van der Waals surface area (Å²) >= 11 is 3.59. The summed E-state index contributed by atoms with van der Waals surface area (Å²) in [6.07, 6.45) is 4.45. The summed E-state index contributed by atoms with van der Waals surface area (Å²) < 4.78 is 0. The number of hydrogen-bond acceptors (Lipinski definition) is 5. The minimum Gasteiger partial charge on any atom is -0.308 e. The van der Waals surface area contributed by atoms with Gasteiger partial charge in [0.2, 0.25) is 0 Å². The van der Waals surface area contributed by atoms with Crippen molar-refractivity contribution in [1.82, 2.24) is 15.2 Å². The first-order valence-corrected chi connectivity index (χ1v) is 10.5. The molecule has 0 radical (unpaired) electrons. The Morgan fingerprint density at radius 2 is 1.88 bits per heavy atom. The number of thiazole rings is 1. The Bertz CT molecular complexity index is 759. The van der Waals surface area contributed by atoms with Gasteiger partial charge >= 0.3 is 0 Å². The number of hydrogen-bond donors (Lipinski definition) is 1. The highest BCUT2D eigenvalue weighted by Crippen LogP contribution is 2.29. The molecule has 3 nitrogen and oxygen atoms in total. The molecule has 0 aliphatic carbocycles. The average Bonchev–Trinajstić information content (AvgIpc) is 3.34. The highest BCUT2D eigenvalue weighted by atomic mass is 32.1. The first-order chi connectivity index (χ1) is 12.4. The van der Waals surface area contributed by atoms with Crippen LogP contribution in [0.25, 0.3) is 9.75 Å². The van der Waals surface area contributed by atoms with E-state index in [1.165, 1.54) is 46.3 Å². The lowest BCUT2D eigenvalue weighted by Gasteiger charge is -2.32. The van der Waals surface area contributed by atoms with E-state index in [1.54, 1.807) is 11.3 Å². The first-order valence-electron chi connectivity index (χ1n) is 8.85. The summed E-state index contributed by atoms with van der Waals surface area (Å²) in [4.78, 5) is 9.74. The number of nitrogens with zero attached hydrogens (tertiary/aromatic N) is 2. The van der Waals surface area contributed by atoms with Gasteiger partial charge in [-0.3, -0.25) is 4.90 Å². The lowest BCUT2D eigenvalue weighted by molar-refractivity contribution is 0.190. The maximum absolute atomic E-state index is 4.58. The number of thiophene rings is 1. The molecule has 1 aliphatic rings. The lowest BCUT2D eigenvalue weighted by atomic mass is 10.0. The number of nitrogens with one attached hydrogen (secondary N) is 1. The summed E-state index contributed by atoms with van der Waals surface area (Å²) in [5, 5.41) is 7.02. The number of piperidine rings is 1. The van der Waals surface area contributed by atoms with E-state index in [9.17, 15) is 0 Å². The molecule has 4 rings (SSSR count). The second-order valence-corrected chi connectivity index (χ2v) is 8.58. The molecule has 3 aromatic rings. The molecule has 0 saturated carbocycles. The van der Waals surface area contributed by atoms with Gasteiger partial charge in [0.15, 0.2) is 0 Å². The normalized spacial score (nSPS) is 16.3. The van der Waals surface area contributed by atoms with E-state index >= 15 is 0 Å². The van der Waals surface area contributed by atoms with Crippen LogP contribution in [0.4, 0.5) is 0 Å². The topological polar surface area (TPSA) is 28.2 Å². The van der Waals surface area contributed by atoms with Gasteiger partial charge < -0.3 is 5.32 Å². The molecular formula is C20H23N3S2. The minimum absolute atomic E-state index is 0.612. The maximum Gasteiger partial charge on any atom is 0.107 e. The van der Waals surface area contributed by atoms with Crippen molar-refractivity contribution >= 4 is 22.7 Å². The monoisotopic (exact) mass is 369 g/mol. The molecule has 0 spiro atoms. The molecule has 1 N–H and O–H groups in total. The maximum atomic E-state index is 4.58. The van der Waals surface area contributed by atoms with Gasteiger partial charge in [0.25, 0.3) is 0 Å². The second-order valence-electron chi connectivity index (χ2n) is 6.51. The molecule has 1 aliphatic heterocycles. The van der Waals surface area contributed by atoms with Gasteiger partial charge in [-0.25, -0.2) is 4.98 Å². The predicted molar refractivity (Wildman–Crippen MR) is 107 cm³/mol. The van der Waals surface area contributed by atoms with Crippen molar-refractivity contribution in [2.75, 3.05) is 13.1 Å². The number of likely N-dealkylation sites (tertiary alicyclic amines) is 1. The van der Waals surface area contributed by atoms with E-state index in [2.05, 4.69) is 63.0 Å². The molecule has 1 fully saturated rings. The van der Waals surface area contributed by atoms with Gasteiger partial charge in [-0.05, 0) is 42.9 Å². The van der Waals surface area contributed by atoms with Crippen LogP contribution in [0.2, 0.25) is 0 Å². The summed E-state index contributed by atoms with van der Waals surface area (Å²) in [7, 11) is 0. The molecule has 5 heteroatoms. The van der Waals surface area contributed by atoms with E-state index in [1.807, 2.05) is 17.5 Å².